The van der Waals surface area contributed by atoms with Crippen LogP contribution in [0.4, 0.5) is 17.6 Å². The number of ether oxygens (including phenoxy) is 4. The molecule has 0 radical (unpaired) electrons. The zero-order chi connectivity index (χ0) is 52.6. The van der Waals surface area contributed by atoms with Crippen molar-refractivity contribution in [3.8, 4) is 34.1 Å². The minimum absolute atomic E-state index is 0.102. The number of aliphatic carboxylic acids is 1. The molecule has 3 N–H and O–H groups in total. The molecule has 0 aliphatic rings. The van der Waals surface area contributed by atoms with Crippen LogP contribution < -0.4 is 18.9 Å². The number of aliphatic hydroxyl groups excluding tert-OH is 1. The van der Waals surface area contributed by atoms with Gasteiger partial charge in [0.1, 0.15) is 78.7 Å². The van der Waals surface area contributed by atoms with Gasteiger partial charge in [-0.05, 0) is 121 Å². The van der Waals surface area contributed by atoms with Gasteiger partial charge in [-0.3, -0.25) is 14.6 Å². The van der Waals surface area contributed by atoms with Gasteiger partial charge in [-0.2, -0.15) is 0 Å². The maximum atomic E-state index is 14.1. The molecular weight excluding hydrogens is 976 g/mol. The topological polar surface area (TPSA) is 121 Å². The highest BCUT2D eigenvalue weighted by atomic mass is 35.5. The minimum atomic E-state index is -1.62. The molecule has 0 saturated heterocycles. The van der Waals surface area contributed by atoms with Gasteiger partial charge in [0.15, 0.2) is 6.29 Å². The Labute approximate surface area is 428 Å². The third-order valence-corrected chi connectivity index (χ3v) is 13.1. The molecule has 0 aliphatic carbocycles. The molecule has 72 heavy (non-hydrogen) atoms. The number of hydrogen-bond acceptors (Lipinski definition) is 9. The van der Waals surface area contributed by atoms with Gasteiger partial charge >= 0.3 is 5.97 Å². The standard InChI is InChI=1S/C56H60Cl2F4N2O8/c1-31(2)53(55(65)66)63(7)25-39-19-47(57)51(23-49(39)69-27-35-15-41(59)21-42(60)16-35)71-29-37-11-9-13-45(33(37)5)46-14-10-12-38(34(46)6)30-72-52-24-50(70-28-36-17-43(61)22-44(62)18-36)40(20-48(52)58)26-64(8)54(32(3)4)56(67)68/h9-24,31-32,53-55,65-66H,25-30H2,1-8H3,(H,67,68)/t53-,54-/m0/s1. The molecule has 0 heterocycles. The van der Waals surface area contributed by atoms with Gasteiger partial charge < -0.3 is 34.3 Å². The fourth-order valence-electron chi connectivity index (χ4n) is 8.98. The van der Waals surface area contributed by atoms with Gasteiger partial charge in [0.25, 0.3) is 0 Å². The third-order valence-electron chi connectivity index (χ3n) is 12.5. The number of likely N-dealkylation sites (N-methyl/N-ethyl adjacent to an activating group) is 2. The Morgan fingerprint density at radius 1 is 0.542 bits per heavy atom. The average Bonchev–Trinajstić information content (AvgIpc) is 3.27. The minimum Gasteiger partial charge on any atom is -0.488 e. The summed E-state index contributed by atoms with van der Waals surface area (Å²) >= 11 is 13.7. The van der Waals surface area contributed by atoms with Crippen molar-refractivity contribution >= 4 is 29.2 Å². The molecule has 6 rings (SSSR count). The third kappa shape index (κ3) is 14.2. The van der Waals surface area contributed by atoms with Crippen molar-refractivity contribution in [2.24, 2.45) is 11.8 Å². The molecule has 384 valence electrons. The van der Waals surface area contributed by atoms with Crippen molar-refractivity contribution in [1.82, 2.24) is 9.80 Å². The number of halogens is 6. The van der Waals surface area contributed by atoms with Gasteiger partial charge in [0.05, 0.1) is 16.1 Å². The van der Waals surface area contributed by atoms with E-state index in [9.17, 15) is 37.7 Å². The number of nitrogens with zero attached hydrogens (tertiary/aromatic N) is 2. The fraction of sp³-hybridized carbons (Fsp3) is 0.339. The number of rotatable bonds is 23. The fourth-order valence-corrected chi connectivity index (χ4v) is 9.46. The van der Waals surface area contributed by atoms with Crippen LogP contribution in [0.5, 0.6) is 23.0 Å². The zero-order valence-electron chi connectivity index (χ0n) is 41.4. The number of aliphatic hydroxyl groups is 2. The molecule has 0 amide bonds. The summed E-state index contributed by atoms with van der Waals surface area (Å²) < 4.78 is 81.4. The Balaban J connectivity index is 1.23. The second-order valence-electron chi connectivity index (χ2n) is 18.7. The lowest BCUT2D eigenvalue weighted by Crippen LogP contribution is -2.44. The molecule has 0 bridgehead atoms. The molecule has 16 heteroatoms. The van der Waals surface area contributed by atoms with Crippen LogP contribution in [-0.2, 0) is 44.3 Å². The first-order chi connectivity index (χ1) is 34.1. The molecule has 6 aromatic carbocycles. The number of carboxylic acids is 1. The highest BCUT2D eigenvalue weighted by molar-refractivity contribution is 6.32. The van der Waals surface area contributed by atoms with Gasteiger partial charge in [-0.25, -0.2) is 17.6 Å². The number of carbonyl (C=O) groups is 1. The maximum absolute atomic E-state index is 14.1. The van der Waals surface area contributed by atoms with E-state index in [0.29, 0.717) is 28.4 Å². The second kappa shape index (κ2) is 24.7. The van der Waals surface area contributed by atoms with Crippen LogP contribution in [0.2, 0.25) is 10.0 Å². The van der Waals surface area contributed by atoms with Crippen LogP contribution in [0.3, 0.4) is 0 Å². The SMILES string of the molecule is Cc1c(COc2cc(OCc3cc(F)cc(F)c3)c(CN(C)[C@@H](C(C)C)C(O)O)cc2Cl)cccc1-c1cccc(COc2cc(OCc3cc(F)cc(F)c3)c(CN(C)[C@H](C(=O)O)C(C)C)cc2Cl)c1C. The predicted molar refractivity (Wildman–Crippen MR) is 270 cm³/mol. The average molecular weight is 1040 g/mol. The normalized spacial score (nSPS) is 12.6. The van der Waals surface area contributed by atoms with Crippen LogP contribution in [0.15, 0.2) is 97.1 Å². The number of hydrogen-bond donors (Lipinski definition) is 3. The summed E-state index contributed by atoms with van der Waals surface area (Å²) in [6.45, 7) is 11.5. The van der Waals surface area contributed by atoms with Crippen LogP contribution in [-0.4, -0.2) is 63.6 Å². The highest BCUT2D eigenvalue weighted by Gasteiger charge is 2.29. The van der Waals surface area contributed by atoms with E-state index in [1.807, 2.05) is 77.9 Å². The van der Waals surface area contributed by atoms with E-state index in [4.69, 9.17) is 42.1 Å². The van der Waals surface area contributed by atoms with E-state index >= 15 is 0 Å². The summed E-state index contributed by atoms with van der Waals surface area (Å²) in [6.07, 6.45) is -1.62. The molecule has 0 fully saturated rings. The Bertz CT molecular complexity index is 2820. The Hall–Kier alpha value is -5.87. The summed E-state index contributed by atoms with van der Waals surface area (Å²) in [6, 6.07) is 23.1. The molecule has 2 atom stereocenters. The largest absolute Gasteiger partial charge is 0.488 e. The summed E-state index contributed by atoms with van der Waals surface area (Å²) in [5, 5.41) is 30.8. The van der Waals surface area contributed by atoms with Crippen LogP contribution in [0.1, 0.15) is 72.2 Å². The molecule has 6 aromatic rings. The van der Waals surface area contributed by atoms with E-state index in [2.05, 4.69) is 0 Å². The molecule has 0 aromatic heterocycles. The summed E-state index contributed by atoms with van der Waals surface area (Å²) in [7, 11) is 3.43. The lowest BCUT2D eigenvalue weighted by molar-refractivity contribution is -0.144. The van der Waals surface area contributed by atoms with Crippen molar-refractivity contribution < 1.29 is 56.6 Å². The smallest absolute Gasteiger partial charge is 0.321 e. The molecular formula is C56H60Cl2F4N2O8. The van der Waals surface area contributed by atoms with Crippen LogP contribution in [0.25, 0.3) is 11.1 Å². The van der Waals surface area contributed by atoms with E-state index < -0.39 is 47.6 Å². The first kappa shape index (κ1) is 55.4. The van der Waals surface area contributed by atoms with E-state index in [-0.39, 0.29) is 78.3 Å². The second-order valence-corrected chi connectivity index (χ2v) is 19.5. The van der Waals surface area contributed by atoms with Gasteiger partial charge in [-0.15, -0.1) is 0 Å². The van der Waals surface area contributed by atoms with Crippen molar-refractivity contribution in [2.45, 2.75) is 99.4 Å². The van der Waals surface area contributed by atoms with Crippen molar-refractivity contribution in [3.05, 3.63) is 175 Å². The Morgan fingerprint density at radius 2 is 0.931 bits per heavy atom. The molecule has 0 saturated carbocycles. The maximum Gasteiger partial charge on any atom is 0.321 e. The zero-order valence-corrected chi connectivity index (χ0v) is 42.9. The van der Waals surface area contributed by atoms with Crippen molar-refractivity contribution in [1.29, 1.82) is 0 Å². The van der Waals surface area contributed by atoms with Crippen molar-refractivity contribution in [3.63, 3.8) is 0 Å². The van der Waals surface area contributed by atoms with E-state index in [0.717, 1.165) is 45.5 Å². The van der Waals surface area contributed by atoms with E-state index in [1.165, 1.54) is 24.3 Å². The molecule has 10 nitrogen and oxygen atoms in total. The van der Waals surface area contributed by atoms with Crippen molar-refractivity contribution in [2.75, 3.05) is 14.1 Å². The lowest BCUT2D eigenvalue weighted by Gasteiger charge is -2.33. The first-order valence-corrected chi connectivity index (χ1v) is 24.1. The van der Waals surface area contributed by atoms with Crippen LogP contribution in [0, 0.1) is 49.0 Å². The van der Waals surface area contributed by atoms with Gasteiger partial charge in [0.2, 0.25) is 0 Å². The Kier molecular flexibility index (Phi) is 19.0. The van der Waals surface area contributed by atoms with E-state index in [1.54, 1.807) is 48.2 Å². The summed E-state index contributed by atoms with van der Waals surface area (Å²) in [5.41, 5.74) is 7.11. The van der Waals surface area contributed by atoms with Gasteiger partial charge in [0, 0.05) is 48.5 Å². The summed E-state index contributed by atoms with van der Waals surface area (Å²) in [4.78, 5) is 15.6. The lowest BCUT2D eigenvalue weighted by atomic mass is 9.92. The molecule has 0 spiro atoms. The number of carboxylic acid groups (broad SMARTS) is 1. The summed E-state index contributed by atoms with van der Waals surface area (Å²) in [5.74, 6) is -3.12. The first-order valence-electron chi connectivity index (χ1n) is 23.3. The molecule has 0 aliphatic heterocycles. The highest BCUT2D eigenvalue weighted by Crippen LogP contribution is 2.39. The van der Waals surface area contributed by atoms with Crippen LogP contribution >= 0.6 is 23.2 Å². The monoisotopic (exact) mass is 1030 g/mol. The predicted octanol–water partition coefficient (Wildman–Crippen LogP) is 12.5. The van der Waals surface area contributed by atoms with Gasteiger partial charge in [-0.1, -0.05) is 87.3 Å². The Morgan fingerprint density at radius 3 is 1.29 bits per heavy atom. The quantitative estimate of drug-likeness (QED) is 0.0422. The number of benzene rings is 6. The molecule has 0 unspecified atom stereocenters.